The monoisotopic (exact) mass is 373 g/mol. The van der Waals surface area contributed by atoms with Crippen LogP contribution in [0.1, 0.15) is 22.0 Å². The fourth-order valence-corrected chi connectivity index (χ4v) is 3.37. The number of carbonyl (C=O) groups is 1. The van der Waals surface area contributed by atoms with Crippen molar-refractivity contribution in [2.24, 2.45) is 0 Å². The van der Waals surface area contributed by atoms with Crippen LogP contribution in [-0.2, 0) is 0 Å². The second-order valence-corrected chi connectivity index (χ2v) is 6.73. The van der Waals surface area contributed by atoms with Gasteiger partial charge in [-0.2, -0.15) is 5.26 Å². The number of hydrogen-bond acceptors (Lipinski definition) is 3. The van der Waals surface area contributed by atoms with E-state index in [4.69, 9.17) is 23.2 Å². The van der Waals surface area contributed by atoms with Crippen molar-refractivity contribution in [2.75, 3.05) is 26.2 Å². The van der Waals surface area contributed by atoms with Crippen LogP contribution >= 0.6 is 23.2 Å². The maximum absolute atomic E-state index is 12.6. The van der Waals surface area contributed by atoms with Gasteiger partial charge in [0.2, 0.25) is 0 Å². The molecule has 1 fully saturated rings. The second kappa shape index (κ2) is 7.88. The van der Waals surface area contributed by atoms with Crippen molar-refractivity contribution in [1.82, 2.24) is 9.80 Å². The minimum Gasteiger partial charge on any atom is -0.336 e. The van der Waals surface area contributed by atoms with Crippen LogP contribution in [-0.4, -0.2) is 41.9 Å². The highest BCUT2D eigenvalue weighted by Gasteiger charge is 2.28. The predicted molar refractivity (Wildman–Crippen MR) is 98.7 cm³/mol. The summed E-state index contributed by atoms with van der Waals surface area (Å²) in [4.78, 5) is 16.4. The van der Waals surface area contributed by atoms with E-state index in [1.165, 1.54) is 0 Å². The van der Waals surface area contributed by atoms with Crippen molar-refractivity contribution in [1.29, 1.82) is 5.26 Å². The van der Waals surface area contributed by atoms with E-state index in [0.717, 1.165) is 5.56 Å². The van der Waals surface area contributed by atoms with E-state index in [1.807, 2.05) is 18.2 Å². The number of benzene rings is 2. The van der Waals surface area contributed by atoms with E-state index in [-0.39, 0.29) is 5.91 Å². The fraction of sp³-hybridized carbons (Fsp3) is 0.263. The smallest absolute Gasteiger partial charge is 0.253 e. The summed E-state index contributed by atoms with van der Waals surface area (Å²) < 4.78 is 0. The van der Waals surface area contributed by atoms with Crippen LogP contribution in [0.15, 0.2) is 48.5 Å². The Hall–Kier alpha value is -2.06. The fourth-order valence-electron chi connectivity index (χ4n) is 3.00. The molecule has 0 aliphatic carbocycles. The summed E-state index contributed by atoms with van der Waals surface area (Å²) in [6.45, 7) is 2.40. The van der Waals surface area contributed by atoms with Gasteiger partial charge in [0.1, 0.15) is 6.04 Å². The van der Waals surface area contributed by atoms with Crippen LogP contribution in [0.4, 0.5) is 0 Å². The predicted octanol–water partition coefficient (Wildman–Crippen LogP) is 4.02. The number of hydrogen-bond donors (Lipinski definition) is 0. The molecule has 1 amide bonds. The lowest BCUT2D eigenvalue weighted by Gasteiger charge is -2.37. The van der Waals surface area contributed by atoms with E-state index in [1.54, 1.807) is 35.2 Å². The summed E-state index contributed by atoms with van der Waals surface area (Å²) in [6, 6.07) is 16.2. The minimum atomic E-state index is -0.401. The van der Waals surface area contributed by atoms with Crippen LogP contribution in [0.5, 0.6) is 0 Å². The van der Waals surface area contributed by atoms with E-state index in [2.05, 4.69) is 11.0 Å². The molecular formula is C19H17Cl2N3O. The molecule has 0 radical (unpaired) electrons. The largest absolute Gasteiger partial charge is 0.336 e. The standard InChI is InChI=1S/C19H17Cl2N3O/c20-15-7-5-14(6-8-15)19(25)24-11-9-23(10-12-24)18(13-22)16-3-1-2-4-17(16)21/h1-8,18H,9-12H2. The second-order valence-electron chi connectivity index (χ2n) is 5.89. The zero-order chi connectivity index (χ0) is 17.8. The van der Waals surface area contributed by atoms with Crippen molar-refractivity contribution in [3.8, 4) is 6.07 Å². The average molecular weight is 374 g/mol. The Morgan fingerprint density at radius 2 is 1.64 bits per heavy atom. The minimum absolute atomic E-state index is 0.0115. The van der Waals surface area contributed by atoms with Crippen LogP contribution in [0.2, 0.25) is 10.0 Å². The summed E-state index contributed by atoms with van der Waals surface area (Å²) in [5.41, 5.74) is 1.44. The Morgan fingerprint density at radius 1 is 1.00 bits per heavy atom. The number of nitriles is 1. The molecule has 0 N–H and O–H groups in total. The Bertz CT molecular complexity index is 793. The Morgan fingerprint density at radius 3 is 2.24 bits per heavy atom. The quantitative estimate of drug-likeness (QED) is 0.816. The molecule has 1 aliphatic rings. The maximum atomic E-state index is 12.6. The number of rotatable bonds is 3. The van der Waals surface area contributed by atoms with Gasteiger partial charge < -0.3 is 4.90 Å². The van der Waals surface area contributed by atoms with Gasteiger partial charge in [-0.25, -0.2) is 0 Å². The van der Waals surface area contributed by atoms with Gasteiger partial charge in [-0.1, -0.05) is 41.4 Å². The lowest BCUT2D eigenvalue weighted by Crippen LogP contribution is -2.49. The summed E-state index contributed by atoms with van der Waals surface area (Å²) >= 11 is 12.1. The van der Waals surface area contributed by atoms with E-state index < -0.39 is 6.04 Å². The molecule has 4 nitrogen and oxygen atoms in total. The van der Waals surface area contributed by atoms with Crippen molar-refractivity contribution < 1.29 is 4.79 Å². The Balaban J connectivity index is 1.67. The van der Waals surface area contributed by atoms with Crippen molar-refractivity contribution in [3.05, 3.63) is 69.7 Å². The lowest BCUT2D eigenvalue weighted by atomic mass is 10.1. The highest BCUT2D eigenvalue weighted by Crippen LogP contribution is 2.28. The highest BCUT2D eigenvalue weighted by atomic mass is 35.5. The molecule has 1 heterocycles. The van der Waals surface area contributed by atoms with Crippen LogP contribution in [0.25, 0.3) is 0 Å². The molecule has 0 saturated carbocycles. The first kappa shape index (κ1) is 17.8. The Kier molecular flexibility index (Phi) is 5.60. The highest BCUT2D eigenvalue weighted by molar-refractivity contribution is 6.31. The molecule has 0 spiro atoms. The molecule has 1 atom stereocenters. The van der Waals surface area contributed by atoms with Gasteiger partial charge in [0, 0.05) is 47.4 Å². The van der Waals surface area contributed by atoms with Gasteiger partial charge in [0.15, 0.2) is 0 Å². The summed E-state index contributed by atoms with van der Waals surface area (Å²) in [6.07, 6.45) is 0. The van der Waals surface area contributed by atoms with Crippen LogP contribution in [0.3, 0.4) is 0 Å². The summed E-state index contributed by atoms with van der Waals surface area (Å²) in [5, 5.41) is 10.8. The van der Waals surface area contributed by atoms with Crippen LogP contribution < -0.4 is 0 Å². The topological polar surface area (TPSA) is 47.3 Å². The van der Waals surface area contributed by atoms with Gasteiger partial charge in [0.25, 0.3) is 5.91 Å². The van der Waals surface area contributed by atoms with Gasteiger partial charge in [-0.15, -0.1) is 0 Å². The maximum Gasteiger partial charge on any atom is 0.253 e. The first-order valence-corrected chi connectivity index (χ1v) is 8.78. The number of halogens is 2. The van der Waals surface area contributed by atoms with Gasteiger partial charge in [0.05, 0.1) is 6.07 Å². The lowest BCUT2D eigenvalue weighted by molar-refractivity contribution is 0.0606. The third kappa shape index (κ3) is 3.96. The zero-order valence-corrected chi connectivity index (χ0v) is 15.0. The molecule has 1 unspecified atom stereocenters. The van der Waals surface area contributed by atoms with Gasteiger partial charge in [-0.05, 0) is 30.3 Å². The molecule has 128 valence electrons. The molecule has 0 bridgehead atoms. The van der Waals surface area contributed by atoms with Crippen molar-refractivity contribution in [3.63, 3.8) is 0 Å². The molecule has 2 aromatic rings. The van der Waals surface area contributed by atoms with E-state index >= 15 is 0 Å². The van der Waals surface area contributed by atoms with Crippen molar-refractivity contribution >= 4 is 29.1 Å². The third-order valence-corrected chi connectivity index (χ3v) is 4.98. The zero-order valence-electron chi connectivity index (χ0n) is 13.5. The number of nitrogens with zero attached hydrogens (tertiary/aromatic N) is 3. The molecular weight excluding hydrogens is 357 g/mol. The molecule has 3 rings (SSSR count). The molecule has 25 heavy (non-hydrogen) atoms. The first-order chi connectivity index (χ1) is 12.1. The van der Waals surface area contributed by atoms with Crippen LogP contribution in [0, 0.1) is 11.3 Å². The molecule has 1 saturated heterocycles. The molecule has 2 aromatic carbocycles. The molecule has 1 aliphatic heterocycles. The van der Waals surface area contributed by atoms with Gasteiger partial charge >= 0.3 is 0 Å². The Labute approximate surface area is 157 Å². The average Bonchev–Trinajstić information content (AvgIpc) is 2.64. The molecule has 6 heteroatoms. The molecule has 0 aromatic heterocycles. The van der Waals surface area contributed by atoms with Crippen molar-refractivity contribution in [2.45, 2.75) is 6.04 Å². The van der Waals surface area contributed by atoms with E-state index in [0.29, 0.717) is 41.8 Å². The summed E-state index contributed by atoms with van der Waals surface area (Å²) in [5.74, 6) is -0.0115. The van der Waals surface area contributed by atoms with Gasteiger partial charge in [-0.3, -0.25) is 9.69 Å². The number of amides is 1. The summed E-state index contributed by atoms with van der Waals surface area (Å²) in [7, 11) is 0. The number of carbonyl (C=O) groups excluding carboxylic acids is 1. The normalized spacial score (nSPS) is 16.3. The first-order valence-electron chi connectivity index (χ1n) is 8.03. The number of piperazine rings is 1. The SMILES string of the molecule is N#CC(c1ccccc1Cl)N1CCN(C(=O)c2ccc(Cl)cc2)CC1. The van der Waals surface area contributed by atoms with E-state index in [9.17, 15) is 10.1 Å². The third-order valence-electron chi connectivity index (χ3n) is 4.38.